The van der Waals surface area contributed by atoms with Crippen LogP contribution in [0.2, 0.25) is 10.0 Å². The summed E-state index contributed by atoms with van der Waals surface area (Å²) in [5, 5.41) is 12.3. The third-order valence-corrected chi connectivity index (χ3v) is 3.48. The predicted octanol–water partition coefficient (Wildman–Crippen LogP) is 1.22. The van der Waals surface area contributed by atoms with Crippen molar-refractivity contribution in [3.8, 4) is 5.75 Å². The van der Waals surface area contributed by atoms with E-state index in [0.717, 1.165) is 0 Å². The lowest BCUT2D eigenvalue weighted by Crippen LogP contribution is -2.49. The smallest absolute Gasteiger partial charge is 0.258 e. The van der Waals surface area contributed by atoms with Crippen molar-refractivity contribution in [3.63, 3.8) is 0 Å². The third-order valence-electron chi connectivity index (χ3n) is 2.74. The quantitative estimate of drug-likeness (QED) is 0.846. The van der Waals surface area contributed by atoms with E-state index in [1.165, 1.54) is 6.07 Å². The topological polar surface area (TPSA) is 77.0 Å². The fourth-order valence-corrected chi connectivity index (χ4v) is 2.00. The summed E-state index contributed by atoms with van der Waals surface area (Å²) in [6.07, 6.45) is -0.620. The van der Waals surface area contributed by atoms with Gasteiger partial charge in [-0.3, -0.25) is 4.79 Å². The lowest BCUT2D eigenvalue weighted by Gasteiger charge is -2.28. The van der Waals surface area contributed by atoms with Crippen LogP contribution in [0.4, 0.5) is 0 Å². The summed E-state index contributed by atoms with van der Waals surface area (Å²) in [5.74, 6) is 0.150. The Bertz CT molecular complexity index is 491. The molecule has 2 rings (SSSR count). The van der Waals surface area contributed by atoms with Crippen molar-refractivity contribution in [3.05, 3.63) is 28.2 Å². The number of benzene rings is 1. The first kappa shape index (κ1) is 16.3. The number of rotatable bonds is 5. The molecule has 0 aromatic heterocycles. The van der Waals surface area contributed by atoms with Gasteiger partial charge in [0.1, 0.15) is 5.75 Å². The first-order valence-electron chi connectivity index (χ1n) is 6.29. The van der Waals surface area contributed by atoms with Gasteiger partial charge in [0.05, 0.1) is 35.9 Å². The number of hydrogen-bond acceptors (Lipinski definition) is 5. The Kier molecular flexibility index (Phi) is 6.08. The second-order valence-corrected chi connectivity index (χ2v) is 5.22. The van der Waals surface area contributed by atoms with E-state index in [1.54, 1.807) is 12.1 Å². The number of aliphatic hydroxyl groups is 1. The average molecular weight is 336 g/mol. The standard InChI is InChI=1S/C13H15Cl2NO5/c14-10-2-1-9(3-11(10)15)19-7-12(18)16-8-5-20-13(4-17)21-6-8/h1-3,8,13,17H,4-7H2,(H,16,18). The minimum Gasteiger partial charge on any atom is -0.484 e. The van der Waals surface area contributed by atoms with Crippen molar-refractivity contribution < 1.29 is 24.1 Å². The van der Waals surface area contributed by atoms with Crippen LogP contribution in [0.3, 0.4) is 0 Å². The third kappa shape index (κ3) is 5.01. The molecule has 1 heterocycles. The molecule has 1 aromatic carbocycles. The molecule has 6 nitrogen and oxygen atoms in total. The molecule has 1 amide bonds. The van der Waals surface area contributed by atoms with E-state index in [1.807, 2.05) is 0 Å². The van der Waals surface area contributed by atoms with Gasteiger partial charge in [-0.15, -0.1) is 0 Å². The lowest BCUT2D eigenvalue weighted by atomic mass is 10.3. The van der Waals surface area contributed by atoms with Crippen molar-refractivity contribution in [1.82, 2.24) is 5.32 Å². The van der Waals surface area contributed by atoms with Crippen LogP contribution < -0.4 is 10.1 Å². The van der Waals surface area contributed by atoms with Crippen LogP contribution >= 0.6 is 23.2 Å². The molecule has 8 heteroatoms. The minimum atomic E-state index is -0.620. The summed E-state index contributed by atoms with van der Waals surface area (Å²) < 4.78 is 15.7. The fraction of sp³-hybridized carbons (Fsp3) is 0.462. The van der Waals surface area contributed by atoms with Gasteiger partial charge in [-0.1, -0.05) is 23.2 Å². The Labute approximate surface area is 131 Å². The fourth-order valence-electron chi connectivity index (χ4n) is 1.72. The van der Waals surface area contributed by atoms with Crippen LogP contribution in [-0.4, -0.2) is 49.8 Å². The molecule has 1 aromatic rings. The zero-order chi connectivity index (χ0) is 15.2. The molecule has 0 saturated carbocycles. The molecular formula is C13H15Cl2NO5. The lowest BCUT2D eigenvalue weighted by molar-refractivity contribution is -0.205. The highest BCUT2D eigenvalue weighted by atomic mass is 35.5. The van der Waals surface area contributed by atoms with Crippen LogP contribution in [0.25, 0.3) is 0 Å². The Morgan fingerprint density at radius 2 is 2.05 bits per heavy atom. The Morgan fingerprint density at radius 1 is 1.33 bits per heavy atom. The maximum absolute atomic E-state index is 11.7. The molecular weight excluding hydrogens is 321 g/mol. The molecule has 0 bridgehead atoms. The van der Waals surface area contributed by atoms with Crippen molar-refractivity contribution >= 4 is 29.1 Å². The van der Waals surface area contributed by atoms with Crippen LogP contribution in [-0.2, 0) is 14.3 Å². The summed E-state index contributed by atoms with van der Waals surface area (Å²) >= 11 is 11.6. The molecule has 0 aliphatic carbocycles. The van der Waals surface area contributed by atoms with Crippen molar-refractivity contribution in [1.29, 1.82) is 0 Å². The molecule has 0 radical (unpaired) electrons. The normalized spacial score (nSPS) is 21.9. The molecule has 0 unspecified atom stereocenters. The summed E-state index contributed by atoms with van der Waals surface area (Å²) in [7, 11) is 0. The summed E-state index contributed by atoms with van der Waals surface area (Å²) in [4.78, 5) is 11.7. The van der Waals surface area contributed by atoms with Gasteiger partial charge in [0.2, 0.25) is 0 Å². The highest BCUT2D eigenvalue weighted by Crippen LogP contribution is 2.26. The van der Waals surface area contributed by atoms with Crippen molar-refractivity contribution in [2.24, 2.45) is 0 Å². The van der Waals surface area contributed by atoms with Gasteiger partial charge in [0.15, 0.2) is 12.9 Å². The van der Waals surface area contributed by atoms with Gasteiger partial charge >= 0.3 is 0 Å². The number of carbonyl (C=O) groups excluding carboxylic acids is 1. The van der Waals surface area contributed by atoms with E-state index < -0.39 is 6.29 Å². The van der Waals surface area contributed by atoms with E-state index in [0.29, 0.717) is 15.8 Å². The molecule has 1 aliphatic rings. The van der Waals surface area contributed by atoms with Crippen molar-refractivity contribution in [2.75, 3.05) is 26.4 Å². The first-order chi connectivity index (χ1) is 10.1. The maximum atomic E-state index is 11.7. The van der Waals surface area contributed by atoms with Crippen LogP contribution in [0.15, 0.2) is 18.2 Å². The number of halogens is 2. The molecule has 1 fully saturated rings. The number of ether oxygens (including phenoxy) is 3. The average Bonchev–Trinajstić information content (AvgIpc) is 2.49. The van der Waals surface area contributed by atoms with Gasteiger partial charge in [-0.25, -0.2) is 0 Å². The van der Waals surface area contributed by atoms with E-state index in [2.05, 4.69) is 5.32 Å². The van der Waals surface area contributed by atoms with Crippen molar-refractivity contribution in [2.45, 2.75) is 12.3 Å². The zero-order valence-corrected chi connectivity index (χ0v) is 12.6. The number of hydrogen-bond donors (Lipinski definition) is 2. The van der Waals surface area contributed by atoms with Gasteiger partial charge < -0.3 is 24.6 Å². The molecule has 0 atom stereocenters. The monoisotopic (exact) mass is 335 g/mol. The van der Waals surface area contributed by atoms with E-state index in [4.69, 9.17) is 42.5 Å². The molecule has 1 aliphatic heterocycles. The van der Waals surface area contributed by atoms with Gasteiger partial charge in [0.25, 0.3) is 5.91 Å². The number of nitrogens with one attached hydrogen (secondary N) is 1. The van der Waals surface area contributed by atoms with Gasteiger partial charge in [-0.05, 0) is 12.1 Å². The van der Waals surface area contributed by atoms with E-state index in [-0.39, 0.29) is 38.4 Å². The summed E-state index contributed by atoms with van der Waals surface area (Å²) in [6, 6.07) is 4.49. The molecule has 116 valence electrons. The second-order valence-electron chi connectivity index (χ2n) is 4.41. The maximum Gasteiger partial charge on any atom is 0.258 e. The van der Waals surface area contributed by atoms with Crippen LogP contribution in [0.1, 0.15) is 0 Å². The SMILES string of the molecule is O=C(COc1ccc(Cl)c(Cl)c1)NC1COC(CO)OC1. The zero-order valence-electron chi connectivity index (χ0n) is 11.1. The van der Waals surface area contributed by atoms with E-state index >= 15 is 0 Å². The largest absolute Gasteiger partial charge is 0.484 e. The highest BCUT2D eigenvalue weighted by molar-refractivity contribution is 6.42. The van der Waals surface area contributed by atoms with Crippen LogP contribution in [0, 0.1) is 0 Å². The highest BCUT2D eigenvalue weighted by Gasteiger charge is 2.22. The summed E-state index contributed by atoms with van der Waals surface area (Å²) in [5.41, 5.74) is 0. The second kappa shape index (κ2) is 7.82. The minimum absolute atomic E-state index is 0.155. The molecule has 1 saturated heterocycles. The van der Waals surface area contributed by atoms with Gasteiger partial charge in [0, 0.05) is 6.07 Å². The van der Waals surface area contributed by atoms with Crippen LogP contribution in [0.5, 0.6) is 5.75 Å². The van der Waals surface area contributed by atoms with Gasteiger partial charge in [-0.2, -0.15) is 0 Å². The van der Waals surface area contributed by atoms with E-state index in [9.17, 15) is 4.79 Å². The Balaban J connectivity index is 1.73. The Morgan fingerprint density at radius 3 is 2.67 bits per heavy atom. The molecule has 21 heavy (non-hydrogen) atoms. The number of aliphatic hydroxyl groups excluding tert-OH is 1. The first-order valence-corrected chi connectivity index (χ1v) is 7.05. The Hall–Kier alpha value is -1.05. The predicted molar refractivity (Wildman–Crippen MR) is 76.7 cm³/mol. The summed E-state index contributed by atoms with van der Waals surface area (Å²) in [6.45, 7) is 0.201. The molecule has 0 spiro atoms. The molecule has 2 N–H and O–H groups in total. The number of amides is 1. The number of carbonyl (C=O) groups is 1.